The van der Waals surface area contributed by atoms with E-state index in [1.165, 1.54) is 6.92 Å². The van der Waals surface area contributed by atoms with Gasteiger partial charge in [-0.15, -0.1) is 0 Å². The molecule has 3 rings (SSSR count). The van der Waals surface area contributed by atoms with E-state index in [1.54, 1.807) is 0 Å². The highest BCUT2D eigenvalue weighted by Crippen LogP contribution is 2.44. The summed E-state index contributed by atoms with van der Waals surface area (Å²) in [7, 11) is 0. The van der Waals surface area contributed by atoms with Crippen LogP contribution in [0.15, 0.2) is 48.5 Å². The standard InChI is InChI=1S/C24H28N2O5/c1-14(2)21(12-22(27)28)26-23(29)15(3)25-24(30)31-13-20-18-10-6-4-8-16(18)17-9-5-7-11-19(17)20/h4-11,14-15,20-21H,12-13H2,1-3H3,(H,25,30)(H,26,29)(H,27,28)/t15?,21-/m0/s1. The number of fused-ring (bicyclic) bond motifs is 3. The lowest BCUT2D eigenvalue weighted by molar-refractivity contribution is -0.138. The molecular formula is C24H28N2O5. The number of rotatable bonds is 8. The molecule has 2 amide bonds. The summed E-state index contributed by atoms with van der Waals surface area (Å²) in [6.07, 6.45) is -0.870. The van der Waals surface area contributed by atoms with Crippen molar-refractivity contribution in [2.75, 3.05) is 6.61 Å². The van der Waals surface area contributed by atoms with Crippen LogP contribution in [0.1, 0.15) is 44.2 Å². The van der Waals surface area contributed by atoms with E-state index in [0.717, 1.165) is 22.3 Å². The summed E-state index contributed by atoms with van der Waals surface area (Å²) in [5.74, 6) is -1.56. The van der Waals surface area contributed by atoms with Gasteiger partial charge >= 0.3 is 12.1 Å². The van der Waals surface area contributed by atoms with Gasteiger partial charge in [-0.25, -0.2) is 4.79 Å². The predicted octanol–water partition coefficient (Wildman–Crippen LogP) is 3.53. The van der Waals surface area contributed by atoms with Crippen molar-refractivity contribution < 1.29 is 24.2 Å². The summed E-state index contributed by atoms with van der Waals surface area (Å²) in [5.41, 5.74) is 4.49. The Hall–Kier alpha value is -3.35. The average molecular weight is 424 g/mol. The quantitative estimate of drug-likeness (QED) is 0.601. The van der Waals surface area contributed by atoms with Crippen molar-refractivity contribution in [2.24, 2.45) is 5.92 Å². The molecule has 7 nitrogen and oxygen atoms in total. The van der Waals surface area contributed by atoms with Gasteiger partial charge in [-0.2, -0.15) is 0 Å². The Bertz CT molecular complexity index is 926. The number of nitrogens with one attached hydrogen (secondary N) is 2. The molecule has 2 aromatic rings. The molecule has 3 N–H and O–H groups in total. The van der Waals surface area contributed by atoms with Crippen LogP contribution in [-0.4, -0.2) is 41.8 Å². The SMILES string of the molecule is CC(NC(=O)OCC1c2ccccc2-c2ccccc21)C(=O)N[C@@H](CC(=O)O)C(C)C. The molecule has 1 aliphatic carbocycles. The minimum Gasteiger partial charge on any atom is -0.481 e. The molecule has 1 unspecified atom stereocenters. The Morgan fingerprint density at radius 1 is 0.935 bits per heavy atom. The lowest BCUT2D eigenvalue weighted by atomic mass is 9.98. The maximum absolute atomic E-state index is 12.4. The van der Waals surface area contributed by atoms with Crippen molar-refractivity contribution >= 4 is 18.0 Å². The number of alkyl carbamates (subject to hydrolysis) is 1. The number of ether oxygens (including phenoxy) is 1. The maximum atomic E-state index is 12.4. The van der Waals surface area contributed by atoms with Gasteiger partial charge in [0.1, 0.15) is 12.6 Å². The third kappa shape index (κ3) is 5.23. The van der Waals surface area contributed by atoms with E-state index in [4.69, 9.17) is 9.84 Å². The van der Waals surface area contributed by atoms with E-state index in [1.807, 2.05) is 50.2 Å². The number of aliphatic carboxylic acids is 1. The van der Waals surface area contributed by atoms with Gasteiger partial charge in [0.2, 0.25) is 5.91 Å². The topological polar surface area (TPSA) is 105 Å². The van der Waals surface area contributed by atoms with Gasteiger partial charge < -0.3 is 20.5 Å². The molecule has 31 heavy (non-hydrogen) atoms. The first-order valence-corrected chi connectivity index (χ1v) is 10.4. The lowest BCUT2D eigenvalue weighted by Gasteiger charge is -2.23. The van der Waals surface area contributed by atoms with Crippen LogP contribution in [0.4, 0.5) is 4.79 Å². The fraction of sp³-hybridized carbons (Fsp3) is 0.375. The monoisotopic (exact) mass is 424 g/mol. The van der Waals surface area contributed by atoms with Crippen LogP contribution in [-0.2, 0) is 14.3 Å². The normalized spacial score (nSPS) is 14.3. The highest BCUT2D eigenvalue weighted by molar-refractivity contribution is 5.86. The molecule has 0 fully saturated rings. The fourth-order valence-corrected chi connectivity index (χ4v) is 3.83. The second-order valence-corrected chi connectivity index (χ2v) is 8.15. The van der Waals surface area contributed by atoms with Gasteiger partial charge in [-0.1, -0.05) is 62.4 Å². The third-order valence-electron chi connectivity index (χ3n) is 5.60. The molecular weight excluding hydrogens is 396 g/mol. The average Bonchev–Trinajstić information content (AvgIpc) is 3.05. The van der Waals surface area contributed by atoms with Gasteiger partial charge in [0.05, 0.1) is 6.42 Å². The fourth-order valence-electron chi connectivity index (χ4n) is 3.83. The van der Waals surface area contributed by atoms with Gasteiger partial charge in [-0.05, 0) is 35.1 Å². The zero-order valence-electron chi connectivity index (χ0n) is 17.9. The first-order valence-electron chi connectivity index (χ1n) is 10.4. The van der Waals surface area contributed by atoms with Crippen LogP contribution in [0.5, 0.6) is 0 Å². The summed E-state index contributed by atoms with van der Waals surface area (Å²) < 4.78 is 5.45. The molecule has 0 bridgehead atoms. The minimum absolute atomic E-state index is 0.0540. The number of hydrogen-bond donors (Lipinski definition) is 3. The highest BCUT2D eigenvalue weighted by Gasteiger charge is 2.29. The van der Waals surface area contributed by atoms with Crippen LogP contribution in [0.3, 0.4) is 0 Å². The van der Waals surface area contributed by atoms with E-state index in [-0.39, 0.29) is 24.9 Å². The molecule has 0 aromatic heterocycles. The van der Waals surface area contributed by atoms with E-state index >= 15 is 0 Å². The first kappa shape index (κ1) is 22.3. The summed E-state index contributed by atoms with van der Waals surface area (Å²) in [4.78, 5) is 35.7. The van der Waals surface area contributed by atoms with Gasteiger partial charge in [0, 0.05) is 12.0 Å². The molecule has 0 heterocycles. The Labute approximate surface area is 181 Å². The number of carboxylic acids is 1. The van der Waals surface area contributed by atoms with Crippen molar-refractivity contribution in [3.63, 3.8) is 0 Å². The number of hydrogen-bond acceptors (Lipinski definition) is 4. The third-order valence-corrected chi connectivity index (χ3v) is 5.60. The Morgan fingerprint density at radius 2 is 1.48 bits per heavy atom. The van der Waals surface area contributed by atoms with Crippen LogP contribution in [0.2, 0.25) is 0 Å². The first-order chi connectivity index (χ1) is 14.8. The lowest BCUT2D eigenvalue weighted by Crippen LogP contribution is -2.50. The summed E-state index contributed by atoms with van der Waals surface area (Å²) in [5, 5.41) is 14.2. The molecule has 0 radical (unpaired) electrons. The van der Waals surface area contributed by atoms with Crippen LogP contribution in [0, 0.1) is 5.92 Å². The van der Waals surface area contributed by atoms with Gasteiger partial charge in [0.15, 0.2) is 0 Å². The van der Waals surface area contributed by atoms with Crippen LogP contribution < -0.4 is 10.6 Å². The number of benzene rings is 2. The molecule has 0 saturated heterocycles. The Balaban J connectivity index is 1.58. The second-order valence-electron chi connectivity index (χ2n) is 8.15. The second kappa shape index (κ2) is 9.64. The maximum Gasteiger partial charge on any atom is 0.407 e. The van der Waals surface area contributed by atoms with Crippen molar-refractivity contribution in [3.8, 4) is 11.1 Å². The summed E-state index contributed by atoms with van der Waals surface area (Å²) in [6.45, 7) is 5.35. The smallest absolute Gasteiger partial charge is 0.407 e. The van der Waals surface area contributed by atoms with Crippen LogP contribution in [0.25, 0.3) is 11.1 Å². The zero-order chi connectivity index (χ0) is 22.5. The highest BCUT2D eigenvalue weighted by atomic mass is 16.5. The number of carboxylic acid groups (broad SMARTS) is 1. The van der Waals surface area contributed by atoms with E-state index in [9.17, 15) is 14.4 Å². The largest absolute Gasteiger partial charge is 0.481 e. The Kier molecular flexibility index (Phi) is 6.95. The van der Waals surface area contributed by atoms with Crippen molar-refractivity contribution in [3.05, 3.63) is 59.7 Å². The summed E-state index contributed by atoms with van der Waals surface area (Å²) in [6, 6.07) is 14.7. The zero-order valence-corrected chi connectivity index (χ0v) is 17.9. The molecule has 1 aliphatic rings. The summed E-state index contributed by atoms with van der Waals surface area (Å²) >= 11 is 0. The van der Waals surface area contributed by atoms with E-state index in [0.29, 0.717) is 0 Å². The molecule has 0 spiro atoms. The number of carbonyl (C=O) groups excluding carboxylic acids is 2. The Morgan fingerprint density at radius 3 is 2.00 bits per heavy atom. The molecule has 2 aromatic carbocycles. The van der Waals surface area contributed by atoms with Crippen molar-refractivity contribution in [1.82, 2.24) is 10.6 Å². The molecule has 7 heteroatoms. The van der Waals surface area contributed by atoms with Crippen molar-refractivity contribution in [1.29, 1.82) is 0 Å². The number of amides is 2. The number of carbonyl (C=O) groups is 3. The van der Waals surface area contributed by atoms with Crippen molar-refractivity contribution in [2.45, 2.75) is 45.2 Å². The van der Waals surface area contributed by atoms with Gasteiger partial charge in [0.25, 0.3) is 0 Å². The molecule has 0 saturated carbocycles. The van der Waals surface area contributed by atoms with Crippen LogP contribution >= 0.6 is 0 Å². The predicted molar refractivity (Wildman–Crippen MR) is 117 cm³/mol. The van der Waals surface area contributed by atoms with E-state index in [2.05, 4.69) is 22.8 Å². The minimum atomic E-state index is -0.990. The molecule has 0 aliphatic heterocycles. The van der Waals surface area contributed by atoms with E-state index < -0.39 is 30.1 Å². The molecule has 2 atom stereocenters. The van der Waals surface area contributed by atoms with Gasteiger partial charge in [-0.3, -0.25) is 9.59 Å². The molecule has 164 valence electrons.